The molecular weight excluding hydrogens is 468 g/mol. The number of aromatic nitrogens is 3. The summed E-state index contributed by atoms with van der Waals surface area (Å²) >= 11 is 6.85. The molecule has 1 aromatic carbocycles. The van der Waals surface area contributed by atoms with E-state index < -0.39 is 23.6 Å². The Kier molecular flexibility index (Phi) is 5.92. The number of hydrogen-bond acceptors (Lipinski definition) is 7. The lowest BCUT2D eigenvalue weighted by Gasteiger charge is -2.17. The maximum absolute atomic E-state index is 12.7. The maximum atomic E-state index is 12.7. The molecule has 9 heteroatoms. The van der Waals surface area contributed by atoms with Crippen LogP contribution in [0.15, 0.2) is 47.7 Å². The molecule has 2 aliphatic rings. The fourth-order valence-corrected chi connectivity index (χ4v) is 4.66. The van der Waals surface area contributed by atoms with Crippen molar-refractivity contribution in [1.29, 1.82) is 0 Å². The first kappa shape index (κ1) is 23.2. The number of nitrogens with zero attached hydrogens (tertiary/aromatic N) is 4. The first-order valence-corrected chi connectivity index (χ1v) is 11.9. The van der Waals surface area contributed by atoms with Gasteiger partial charge in [0, 0.05) is 42.9 Å². The molecule has 1 aliphatic carbocycles. The zero-order chi connectivity index (χ0) is 24.7. The minimum absolute atomic E-state index is 0.0669. The van der Waals surface area contributed by atoms with Crippen LogP contribution in [0.25, 0.3) is 5.69 Å². The Hall–Kier alpha value is -3.52. The van der Waals surface area contributed by atoms with Crippen molar-refractivity contribution in [3.63, 3.8) is 0 Å². The molecule has 5 rings (SSSR count). The van der Waals surface area contributed by atoms with Gasteiger partial charge >= 0.3 is 11.9 Å². The van der Waals surface area contributed by atoms with Gasteiger partial charge in [0.15, 0.2) is 0 Å². The second-order valence-electron chi connectivity index (χ2n) is 8.89. The quantitative estimate of drug-likeness (QED) is 0.471. The molecule has 0 radical (unpaired) electrons. The van der Waals surface area contributed by atoms with Crippen molar-refractivity contribution >= 4 is 29.3 Å². The van der Waals surface area contributed by atoms with Crippen molar-refractivity contribution in [2.24, 2.45) is 4.99 Å². The first-order chi connectivity index (χ1) is 16.8. The summed E-state index contributed by atoms with van der Waals surface area (Å²) in [5, 5.41) is 0.613. The number of halogens is 1. The summed E-state index contributed by atoms with van der Waals surface area (Å²) in [5.74, 6) is -0.292. The van der Waals surface area contributed by atoms with E-state index in [-0.39, 0.29) is 6.42 Å². The Morgan fingerprint density at radius 2 is 1.97 bits per heavy atom. The van der Waals surface area contributed by atoms with Crippen LogP contribution in [0.4, 0.5) is 0 Å². The number of pyridine rings is 1. The van der Waals surface area contributed by atoms with Gasteiger partial charge in [-0.3, -0.25) is 19.3 Å². The van der Waals surface area contributed by atoms with Gasteiger partial charge < -0.3 is 9.47 Å². The molecule has 0 saturated heterocycles. The van der Waals surface area contributed by atoms with Crippen LogP contribution < -0.4 is 0 Å². The molecule has 0 bridgehead atoms. The van der Waals surface area contributed by atoms with Crippen LogP contribution >= 0.6 is 11.6 Å². The number of ether oxygens (including phenoxy) is 2. The second kappa shape index (κ2) is 8.92. The zero-order valence-electron chi connectivity index (χ0n) is 19.7. The Morgan fingerprint density at radius 1 is 1.17 bits per heavy atom. The fraction of sp³-hybridized carbons (Fsp3) is 0.346. The second-order valence-corrected chi connectivity index (χ2v) is 9.27. The number of benzene rings is 1. The van der Waals surface area contributed by atoms with Gasteiger partial charge in [-0.05, 0) is 38.0 Å². The van der Waals surface area contributed by atoms with Gasteiger partial charge in [-0.25, -0.2) is 9.78 Å². The molecule has 2 aromatic heterocycles. The molecule has 0 unspecified atom stereocenters. The van der Waals surface area contributed by atoms with E-state index in [2.05, 4.69) is 9.97 Å². The van der Waals surface area contributed by atoms with Gasteiger partial charge in [0.05, 0.1) is 29.2 Å². The average molecular weight is 493 g/mol. The minimum atomic E-state index is -1.13. The van der Waals surface area contributed by atoms with E-state index >= 15 is 0 Å². The third-order valence-electron chi connectivity index (χ3n) is 6.44. The molecule has 0 spiro atoms. The maximum Gasteiger partial charge on any atom is 0.350 e. The molecule has 1 atom stereocenters. The number of aryl methyl sites for hydroxylation is 2. The normalized spacial score (nSPS) is 17.5. The lowest BCUT2D eigenvalue weighted by Crippen LogP contribution is -2.30. The number of carbonyl (C=O) groups is 2. The van der Waals surface area contributed by atoms with Crippen LogP contribution in [0.1, 0.15) is 60.1 Å². The molecule has 3 heterocycles. The molecule has 1 fully saturated rings. The van der Waals surface area contributed by atoms with E-state index in [1.165, 1.54) is 7.11 Å². The van der Waals surface area contributed by atoms with Crippen molar-refractivity contribution in [2.75, 3.05) is 7.11 Å². The van der Waals surface area contributed by atoms with E-state index in [0.29, 0.717) is 41.5 Å². The number of imidazole rings is 1. The largest absolute Gasteiger partial charge is 0.466 e. The summed E-state index contributed by atoms with van der Waals surface area (Å²) in [6, 6.07) is 9.16. The molecule has 1 aliphatic heterocycles. The number of carbonyl (C=O) groups excluding carboxylic acids is 2. The highest BCUT2D eigenvalue weighted by atomic mass is 35.5. The Bertz CT molecular complexity index is 1340. The molecule has 8 nitrogen and oxygen atoms in total. The van der Waals surface area contributed by atoms with Crippen LogP contribution in [0.5, 0.6) is 0 Å². The number of aliphatic imine (C=N–C) groups is 1. The molecule has 0 N–H and O–H groups in total. The molecule has 180 valence electrons. The summed E-state index contributed by atoms with van der Waals surface area (Å²) < 4.78 is 12.3. The van der Waals surface area contributed by atoms with Crippen molar-refractivity contribution in [2.45, 2.75) is 51.2 Å². The van der Waals surface area contributed by atoms with Crippen LogP contribution in [0, 0.1) is 13.8 Å². The van der Waals surface area contributed by atoms with Gasteiger partial charge in [-0.2, -0.15) is 0 Å². The van der Waals surface area contributed by atoms with E-state index in [1.807, 2.05) is 48.7 Å². The molecular formula is C26H25ClN4O4. The van der Waals surface area contributed by atoms with Crippen LogP contribution in [-0.4, -0.2) is 44.9 Å². The lowest BCUT2D eigenvalue weighted by molar-refractivity contribution is -0.169. The highest BCUT2D eigenvalue weighted by molar-refractivity contribution is 6.34. The molecule has 3 aromatic rings. The number of hydrogen-bond donors (Lipinski definition) is 0. The standard InChI is InChI=1S/C26H25ClN4O4/c1-15-7-8-17-22(18-6-4-5-13-28-18)30-19(24-29-14-16(2)31(24)23(17)21(15)27)9-10-20(32)35-26(11-12-26)25(33)34-3/h4-8,13-14,19H,9-12H2,1-3H3/t19-/m0/s1. The van der Waals surface area contributed by atoms with Gasteiger partial charge in [0.2, 0.25) is 5.60 Å². The van der Waals surface area contributed by atoms with E-state index in [0.717, 1.165) is 22.5 Å². The molecule has 35 heavy (non-hydrogen) atoms. The Balaban J connectivity index is 1.54. The highest BCUT2D eigenvalue weighted by Gasteiger charge is 2.55. The van der Waals surface area contributed by atoms with Crippen LogP contribution in [0.3, 0.4) is 0 Å². The van der Waals surface area contributed by atoms with E-state index in [1.54, 1.807) is 12.4 Å². The number of rotatable bonds is 6. The van der Waals surface area contributed by atoms with Gasteiger partial charge in [0.25, 0.3) is 0 Å². The predicted octanol–water partition coefficient (Wildman–Crippen LogP) is 4.46. The third-order valence-corrected chi connectivity index (χ3v) is 6.91. The van der Waals surface area contributed by atoms with Crippen molar-refractivity contribution in [3.05, 3.63) is 76.1 Å². The Labute approximate surface area is 208 Å². The van der Waals surface area contributed by atoms with Crippen LogP contribution in [-0.2, 0) is 19.1 Å². The van der Waals surface area contributed by atoms with E-state index in [9.17, 15) is 9.59 Å². The number of fused-ring (bicyclic) bond motifs is 3. The molecule has 0 amide bonds. The summed E-state index contributed by atoms with van der Waals surface area (Å²) in [5.41, 5.74) is 3.73. The van der Waals surface area contributed by atoms with Gasteiger partial charge in [-0.15, -0.1) is 0 Å². The molecule has 1 saturated carbocycles. The summed E-state index contributed by atoms with van der Waals surface area (Å²) in [6.45, 7) is 3.92. The summed E-state index contributed by atoms with van der Waals surface area (Å²) in [6.07, 6.45) is 4.86. The smallest absolute Gasteiger partial charge is 0.350 e. The average Bonchev–Trinajstić information content (AvgIpc) is 3.58. The highest BCUT2D eigenvalue weighted by Crippen LogP contribution is 2.42. The van der Waals surface area contributed by atoms with Gasteiger partial charge in [0.1, 0.15) is 11.9 Å². The summed E-state index contributed by atoms with van der Waals surface area (Å²) in [7, 11) is 1.29. The van der Waals surface area contributed by atoms with Crippen molar-refractivity contribution in [3.8, 4) is 5.69 Å². The van der Waals surface area contributed by atoms with Crippen LogP contribution in [0.2, 0.25) is 5.02 Å². The van der Waals surface area contributed by atoms with Gasteiger partial charge in [-0.1, -0.05) is 29.8 Å². The minimum Gasteiger partial charge on any atom is -0.466 e. The fourth-order valence-electron chi connectivity index (χ4n) is 4.41. The summed E-state index contributed by atoms with van der Waals surface area (Å²) in [4.78, 5) is 38.9. The number of esters is 2. The monoisotopic (exact) mass is 492 g/mol. The predicted molar refractivity (Wildman–Crippen MR) is 130 cm³/mol. The van der Waals surface area contributed by atoms with Crippen molar-refractivity contribution in [1.82, 2.24) is 14.5 Å². The SMILES string of the molecule is COC(=O)C1(OC(=O)CC[C@@H]2N=C(c3ccccn3)c3ccc(C)c(Cl)c3-n3c(C)cnc32)CC1. The van der Waals surface area contributed by atoms with E-state index in [4.69, 9.17) is 26.1 Å². The zero-order valence-corrected chi connectivity index (χ0v) is 20.5. The third kappa shape index (κ3) is 4.12. The number of methoxy groups -OCH3 is 1. The van der Waals surface area contributed by atoms with Crippen molar-refractivity contribution < 1.29 is 19.1 Å². The topological polar surface area (TPSA) is 95.7 Å². The lowest BCUT2D eigenvalue weighted by atomic mass is 10.0. The Morgan fingerprint density at radius 3 is 2.66 bits per heavy atom. The first-order valence-electron chi connectivity index (χ1n) is 11.5.